The van der Waals surface area contributed by atoms with Gasteiger partial charge in [0, 0.05) is 0 Å². The summed E-state index contributed by atoms with van der Waals surface area (Å²) in [5.41, 5.74) is 2.68. The largest absolute Gasteiger partial charge is 0.490 e. The van der Waals surface area contributed by atoms with E-state index in [2.05, 4.69) is 26.2 Å². The molecule has 0 saturated carbocycles. The molecule has 7 heteroatoms. The van der Waals surface area contributed by atoms with Crippen molar-refractivity contribution < 1.29 is 14.3 Å². The Morgan fingerprint density at radius 1 is 1.03 bits per heavy atom. The van der Waals surface area contributed by atoms with Gasteiger partial charge in [-0.25, -0.2) is 4.99 Å². The van der Waals surface area contributed by atoms with Gasteiger partial charge in [-0.15, -0.1) is 0 Å². The molecule has 4 rings (SSSR count). The number of amidine groups is 1. The molecule has 1 fully saturated rings. The minimum Gasteiger partial charge on any atom is -0.490 e. The second-order valence-electron chi connectivity index (χ2n) is 6.85. The fourth-order valence-corrected chi connectivity index (χ4v) is 4.47. The molecule has 1 saturated heterocycles. The second-order valence-corrected chi connectivity index (χ2v) is 8.74. The first-order chi connectivity index (χ1) is 15.6. The number of nitrogens with zero attached hydrogens (tertiary/aromatic N) is 1. The third-order valence-corrected chi connectivity index (χ3v) is 5.99. The number of nitrogens with one attached hydrogen (secondary N) is 1. The van der Waals surface area contributed by atoms with Crippen LogP contribution >= 0.6 is 27.7 Å². The molecule has 1 aliphatic heterocycles. The predicted molar refractivity (Wildman–Crippen MR) is 133 cm³/mol. The zero-order valence-corrected chi connectivity index (χ0v) is 19.8. The third-order valence-electron chi connectivity index (χ3n) is 4.49. The first-order valence-corrected chi connectivity index (χ1v) is 11.7. The van der Waals surface area contributed by atoms with E-state index < -0.39 is 0 Å². The minimum absolute atomic E-state index is 0.178. The number of rotatable bonds is 7. The van der Waals surface area contributed by atoms with Crippen molar-refractivity contribution in [1.82, 2.24) is 5.32 Å². The van der Waals surface area contributed by atoms with Crippen LogP contribution in [0.2, 0.25) is 0 Å². The van der Waals surface area contributed by atoms with Crippen LogP contribution in [-0.2, 0) is 11.4 Å². The summed E-state index contributed by atoms with van der Waals surface area (Å²) in [6, 6.07) is 23.3. The smallest absolute Gasteiger partial charge is 0.264 e. The number of aliphatic imine (C=N–C) groups is 1. The maximum absolute atomic E-state index is 12.5. The van der Waals surface area contributed by atoms with E-state index in [9.17, 15) is 4.79 Å². The standard InChI is InChI=1S/C25H21BrN2O3S/c1-2-30-21-14-18(13-20(26)23(21)31-16-17-9-5-3-6-10-17)15-22-24(29)28-25(32-22)27-19-11-7-4-8-12-19/h3-15H,2,16H2,1H3,(H,27,28,29)/b22-15-. The van der Waals surface area contributed by atoms with Crippen molar-refractivity contribution in [2.45, 2.75) is 13.5 Å². The summed E-state index contributed by atoms with van der Waals surface area (Å²) >= 11 is 4.91. The minimum atomic E-state index is -0.178. The number of ether oxygens (including phenoxy) is 2. The number of hydrogen-bond donors (Lipinski definition) is 1. The first-order valence-electron chi connectivity index (χ1n) is 10.1. The quantitative estimate of drug-likeness (QED) is 0.379. The summed E-state index contributed by atoms with van der Waals surface area (Å²) in [5, 5.41) is 3.37. The molecule has 1 aliphatic rings. The lowest BCUT2D eigenvalue weighted by Crippen LogP contribution is -2.19. The molecule has 32 heavy (non-hydrogen) atoms. The molecule has 1 heterocycles. The maximum Gasteiger partial charge on any atom is 0.264 e. The molecule has 5 nitrogen and oxygen atoms in total. The zero-order chi connectivity index (χ0) is 22.3. The predicted octanol–water partition coefficient (Wildman–Crippen LogP) is 6.32. The van der Waals surface area contributed by atoms with Gasteiger partial charge in [-0.2, -0.15) is 0 Å². The number of halogens is 1. The maximum atomic E-state index is 12.5. The number of hydrogen-bond acceptors (Lipinski definition) is 5. The Hall–Kier alpha value is -3.03. The van der Waals surface area contributed by atoms with E-state index in [-0.39, 0.29) is 5.91 Å². The fraction of sp³-hybridized carbons (Fsp3) is 0.120. The molecule has 1 amide bonds. The van der Waals surface area contributed by atoms with Crippen LogP contribution in [0.25, 0.3) is 6.08 Å². The molecule has 1 N–H and O–H groups in total. The molecule has 0 radical (unpaired) electrons. The Kier molecular flexibility index (Phi) is 7.29. The molecular formula is C25H21BrN2O3S. The van der Waals surface area contributed by atoms with E-state index in [4.69, 9.17) is 9.47 Å². The number of amides is 1. The van der Waals surface area contributed by atoms with Crippen LogP contribution in [0.3, 0.4) is 0 Å². The third kappa shape index (κ3) is 5.60. The van der Waals surface area contributed by atoms with Crippen molar-refractivity contribution >= 4 is 50.5 Å². The topological polar surface area (TPSA) is 59.9 Å². The van der Waals surface area contributed by atoms with Crippen LogP contribution in [0.15, 0.2) is 87.2 Å². The van der Waals surface area contributed by atoms with E-state index in [1.54, 1.807) is 0 Å². The van der Waals surface area contributed by atoms with Gasteiger partial charge in [0.15, 0.2) is 16.7 Å². The van der Waals surface area contributed by atoms with Gasteiger partial charge in [-0.3, -0.25) is 4.79 Å². The number of carbonyl (C=O) groups is 1. The Morgan fingerprint density at radius 2 is 1.75 bits per heavy atom. The van der Waals surface area contributed by atoms with Gasteiger partial charge in [0.2, 0.25) is 0 Å². The number of para-hydroxylation sites is 1. The fourth-order valence-electron chi connectivity index (χ4n) is 3.06. The Bertz CT molecular complexity index is 1160. The molecule has 0 aromatic heterocycles. The Labute approximate surface area is 199 Å². The van der Waals surface area contributed by atoms with Gasteiger partial charge in [0.25, 0.3) is 5.91 Å². The highest BCUT2D eigenvalue weighted by Gasteiger charge is 2.24. The van der Waals surface area contributed by atoms with Gasteiger partial charge in [0.1, 0.15) is 6.61 Å². The molecular weight excluding hydrogens is 488 g/mol. The Morgan fingerprint density at radius 3 is 2.47 bits per heavy atom. The Balaban J connectivity index is 1.56. The normalized spacial score (nSPS) is 15.8. The molecule has 0 bridgehead atoms. The lowest BCUT2D eigenvalue weighted by atomic mass is 10.1. The van der Waals surface area contributed by atoms with Crippen molar-refractivity contribution in [1.29, 1.82) is 0 Å². The van der Waals surface area contributed by atoms with E-state index in [1.165, 1.54) is 11.8 Å². The molecule has 0 aliphatic carbocycles. The summed E-state index contributed by atoms with van der Waals surface area (Å²) < 4.78 is 12.6. The van der Waals surface area contributed by atoms with Crippen LogP contribution in [-0.4, -0.2) is 17.7 Å². The first kappa shape index (κ1) is 22.2. The van der Waals surface area contributed by atoms with Crippen LogP contribution in [0.4, 0.5) is 5.69 Å². The molecule has 3 aromatic carbocycles. The monoisotopic (exact) mass is 508 g/mol. The van der Waals surface area contributed by atoms with E-state index in [1.807, 2.05) is 85.8 Å². The summed E-state index contributed by atoms with van der Waals surface area (Å²) in [6.45, 7) is 2.85. The van der Waals surface area contributed by atoms with Crippen LogP contribution in [0.1, 0.15) is 18.1 Å². The van der Waals surface area contributed by atoms with Crippen LogP contribution in [0, 0.1) is 0 Å². The van der Waals surface area contributed by atoms with Crippen LogP contribution in [0.5, 0.6) is 11.5 Å². The number of carbonyl (C=O) groups excluding carboxylic acids is 1. The lowest BCUT2D eigenvalue weighted by Gasteiger charge is -2.15. The lowest BCUT2D eigenvalue weighted by molar-refractivity contribution is -0.115. The molecule has 0 atom stereocenters. The zero-order valence-electron chi connectivity index (χ0n) is 17.4. The van der Waals surface area contributed by atoms with Gasteiger partial charge in [0.05, 0.1) is 21.7 Å². The van der Waals surface area contributed by atoms with E-state index >= 15 is 0 Å². The summed E-state index contributed by atoms with van der Waals surface area (Å²) in [6.07, 6.45) is 1.82. The van der Waals surface area contributed by atoms with Gasteiger partial charge < -0.3 is 14.8 Å². The van der Waals surface area contributed by atoms with Crippen molar-refractivity contribution in [3.8, 4) is 11.5 Å². The molecule has 0 unspecified atom stereocenters. The van der Waals surface area contributed by atoms with E-state index in [0.717, 1.165) is 21.3 Å². The second kappa shape index (κ2) is 10.5. The highest BCUT2D eigenvalue weighted by molar-refractivity contribution is 9.10. The summed E-state index contributed by atoms with van der Waals surface area (Å²) in [5.74, 6) is 1.07. The van der Waals surface area contributed by atoms with E-state index in [0.29, 0.717) is 34.8 Å². The summed E-state index contributed by atoms with van der Waals surface area (Å²) in [7, 11) is 0. The van der Waals surface area contributed by atoms with Crippen molar-refractivity contribution in [3.05, 3.63) is 93.3 Å². The van der Waals surface area contributed by atoms with Crippen molar-refractivity contribution in [2.75, 3.05) is 6.61 Å². The highest BCUT2D eigenvalue weighted by Crippen LogP contribution is 2.39. The molecule has 162 valence electrons. The molecule has 3 aromatic rings. The highest BCUT2D eigenvalue weighted by atomic mass is 79.9. The average Bonchev–Trinajstić information content (AvgIpc) is 3.13. The SMILES string of the molecule is CCOc1cc(/C=C2\SC(=Nc3ccccc3)NC2=O)cc(Br)c1OCc1ccccc1. The van der Waals surface area contributed by atoms with Gasteiger partial charge >= 0.3 is 0 Å². The van der Waals surface area contributed by atoms with Crippen molar-refractivity contribution in [2.24, 2.45) is 4.99 Å². The summed E-state index contributed by atoms with van der Waals surface area (Å²) in [4.78, 5) is 17.5. The molecule has 0 spiro atoms. The average molecular weight is 509 g/mol. The van der Waals surface area contributed by atoms with Gasteiger partial charge in [-0.1, -0.05) is 48.5 Å². The number of thioether (sulfide) groups is 1. The van der Waals surface area contributed by atoms with Gasteiger partial charge in [-0.05, 0) is 76.1 Å². The number of benzene rings is 3. The van der Waals surface area contributed by atoms with Crippen molar-refractivity contribution in [3.63, 3.8) is 0 Å². The van der Waals surface area contributed by atoms with Crippen LogP contribution < -0.4 is 14.8 Å².